The second-order valence-corrected chi connectivity index (χ2v) is 7.59. The van der Waals surface area contributed by atoms with Crippen molar-refractivity contribution < 1.29 is 9.21 Å². The van der Waals surface area contributed by atoms with E-state index >= 15 is 0 Å². The quantitative estimate of drug-likeness (QED) is 0.676. The third kappa shape index (κ3) is 3.68. The smallest absolute Gasteiger partial charge is 0.254 e. The number of anilines is 1. The SMILES string of the molecule is CC(CNC(=O)c1ccoc1CN1c2ccccc2CC1C)c1ccccc1. The first-order valence-corrected chi connectivity index (χ1v) is 9.87. The lowest BCUT2D eigenvalue weighted by atomic mass is 10.0. The molecule has 3 aromatic rings. The molecule has 4 heteroatoms. The van der Waals surface area contributed by atoms with Crippen LogP contribution in [0.15, 0.2) is 71.3 Å². The van der Waals surface area contributed by atoms with Gasteiger partial charge in [-0.2, -0.15) is 0 Å². The number of nitrogens with one attached hydrogen (secondary N) is 1. The van der Waals surface area contributed by atoms with Crippen molar-refractivity contribution in [1.29, 1.82) is 0 Å². The topological polar surface area (TPSA) is 45.5 Å². The van der Waals surface area contributed by atoms with Crippen molar-refractivity contribution in [3.05, 3.63) is 89.4 Å². The molecule has 2 unspecified atom stereocenters. The number of hydrogen-bond donors (Lipinski definition) is 1. The van der Waals surface area contributed by atoms with Gasteiger partial charge in [0.15, 0.2) is 0 Å². The van der Waals surface area contributed by atoms with Gasteiger partial charge >= 0.3 is 0 Å². The van der Waals surface area contributed by atoms with Gasteiger partial charge in [-0.25, -0.2) is 0 Å². The van der Waals surface area contributed by atoms with Crippen molar-refractivity contribution in [2.45, 2.75) is 38.8 Å². The molecule has 0 saturated carbocycles. The van der Waals surface area contributed by atoms with Crippen LogP contribution >= 0.6 is 0 Å². The maximum absolute atomic E-state index is 12.8. The van der Waals surface area contributed by atoms with Gasteiger partial charge < -0.3 is 14.6 Å². The standard InChI is InChI=1S/C24H26N2O2/c1-17(19-8-4-3-5-9-19)15-25-24(27)21-12-13-28-23(21)16-26-18(2)14-20-10-6-7-11-22(20)26/h3-13,17-18H,14-16H2,1-2H3,(H,25,27). The van der Waals surface area contributed by atoms with Gasteiger partial charge in [0, 0.05) is 18.3 Å². The van der Waals surface area contributed by atoms with Crippen LogP contribution in [0.25, 0.3) is 0 Å². The van der Waals surface area contributed by atoms with Crippen molar-refractivity contribution in [2.24, 2.45) is 0 Å². The number of hydrogen-bond acceptors (Lipinski definition) is 3. The molecule has 2 atom stereocenters. The first kappa shape index (κ1) is 18.4. The van der Waals surface area contributed by atoms with Gasteiger partial charge in [0.05, 0.1) is 18.4 Å². The molecule has 0 spiro atoms. The van der Waals surface area contributed by atoms with E-state index in [0.29, 0.717) is 30.5 Å². The molecule has 2 heterocycles. The molecule has 0 fully saturated rings. The van der Waals surface area contributed by atoms with E-state index in [1.165, 1.54) is 16.8 Å². The van der Waals surface area contributed by atoms with Crippen molar-refractivity contribution >= 4 is 11.6 Å². The Morgan fingerprint density at radius 3 is 2.71 bits per heavy atom. The van der Waals surface area contributed by atoms with Crippen LogP contribution in [0.3, 0.4) is 0 Å². The highest BCUT2D eigenvalue weighted by molar-refractivity contribution is 5.95. The minimum atomic E-state index is -0.0772. The number of para-hydroxylation sites is 1. The first-order chi connectivity index (χ1) is 13.6. The normalized spacial score (nSPS) is 16.6. The molecule has 4 nitrogen and oxygen atoms in total. The van der Waals surface area contributed by atoms with E-state index < -0.39 is 0 Å². The summed E-state index contributed by atoms with van der Waals surface area (Å²) < 4.78 is 5.70. The Hall–Kier alpha value is -3.01. The third-order valence-corrected chi connectivity index (χ3v) is 5.59. The summed E-state index contributed by atoms with van der Waals surface area (Å²) in [6.45, 7) is 5.53. The van der Waals surface area contributed by atoms with Gasteiger partial charge in [0.25, 0.3) is 5.91 Å². The Bertz CT molecular complexity index is 948. The van der Waals surface area contributed by atoms with Crippen LogP contribution < -0.4 is 10.2 Å². The van der Waals surface area contributed by atoms with Crippen LogP contribution in [0.1, 0.15) is 47.0 Å². The zero-order valence-corrected chi connectivity index (χ0v) is 16.4. The Morgan fingerprint density at radius 2 is 1.89 bits per heavy atom. The van der Waals surface area contributed by atoms with Crippen LogP contribution in [-0.4, -0.2) is 18.5 Å². The molecular weight excluding hydrogens is 348 g/mol. The summed E-state index contributed by atoms with van der Waals surface area (Å²) in [4.78, 5) is 15.1. The predicted octanol–water partition coefficient (Wildman–Crippen LogP) is 4.76. The van der Waals surface area contributed by atoms with Crippen LogP contribution in [0.4, 0.5) is 5.69 Å². The van der Waals surface area contributed by atoms with E-state index in [4.69, 9.17) is 4.42 Å². The average molecular weight is 374 g/mol. The Balaban J connectivity index is 1.43. The molecule has 28 heavy (non-hydrogen) atoms. The summed E-state index contributed by atoms with van der Waals surface area (Å²) in [6.07, 6.45) is 2.63. The molecule has 0 aliphatic carbocycles. The number of fused-ring (bicyclic) bond motifs is 1. The fourth-order valence-corrected chi connectivity index (χ4v) is 3.93. The van der Waals surface area contributed by atoms with E-state index in [1.54, 1.807) is 12.3 Å². The molecule has 1 N–H and O–H groups in total. The lowest BCUT2D eigenvalue weighted by Gasteiger charge is -2.24. The highest BCUT2D eigenvalue weighted by Gasteiger charge is 2.28. The van der Waals surface area contributed by atoms with Gasteiger partial charge in [-0.3, -0.25) is 4.79 Å². The number of amides is 1. The largest absolute Gasteiger partial charge is 0.467 e. The van der Waals surface area contributed by atoms with Gasteiger partial charge in [0.1, 0.15) is 5.76 Å². The fraction of sp³-hybridized carbons (Fsp3) is 0.292. The highest BCUT2D eigenvalue weighted by atomic mass is 16.3. The predicted molar refractivity (Wildman–Crippen MR) is 112 cm³/mol. The summed E-state index contributed by atoms with van der Waals surface area (Å²) in [7, 11) is 0. The molecule has 1 amide bonds. The number of rotatable bonds is 6. The molecule has 4 rings (SSSR count). The maximum atomic E-state index is 12.8. The molecule has 1 aliphatic heterocycles. The van der Waals surface area contributed by atoms with Crippen molar-refractivity contribution in [3.63, 3.8) is 0 Å². The first-order valence-electron chi connectivity index (χ1n) is 9.87. The molecule has 1 aliphatic rings. The van der Waals surface area contributed by atoms with Gasteiger partial charge in [-0.15, -0.1) is 0 Å². The Morgan fingerprint density at radius 1 is 1.14 bits per heavy atom. The van der Waals surface area contributed by atoms with Crippen molar-refractivity contribution in [1.82, 2.24) is 5.32 Å². The Labute approximate surface area is 166 Å². The lowest BCUT2D eigenvalue weighted by molar-refractivity contribution is 0.0949. The van der Waals surface area contributed by atoms with Crippen molar-refractivity contribution in [2.75, 3.05) is 11.4 Å². The lowest BCUT2D eigenvalue weighted by Crippen LogP contribution is -2.31. The summed E-state index contributed by atoms with van der Waals surface area (Å²) in [5.41, 5.74) is 4.43. The second-order valence-electron chi connectivity index (χ2n) is 7.59. The summed E-state index contributed by atoms with van der Waals surface area (Å²) in [5.74, 6) is 0.895. The minimum absolute atomic E-state index is 0.0772. The van der Waals surface area contributed by atoms with E-state index in [0.717, 1.165) is 6.42 Å². The number of carbonyl (C=O) groups is 1. The molecule has 0 radical (unpaired) electrons. The fourth-order valence-electron chi connectivity index (χ4n) is 3.93. The van der Waals surface area contributed by atoms with Crippen molar-refractivity contribution in [3.8, 4) is 0 Å². The van der Waals surface area contributed by atoms with E-state index in [2.05, 4.69) is 60.5 Å². The van der Waals surface area contributed by atoms with Crippen LogP contribution in [-0.2, 0) is 13.0 Å². The van der Waals surface area contributed by atoms with E-state index in [-0.39, 0.29) is 11.8 Å². The minimum Gasteiger partial charge on any atom is -0.467 e. The average Bonchev–Trinajstić information content (AvgIpc) is 3.31. The maximum Gasteiger partial charge on any atom is 0.254 e. The number of benzene rings is 2. The molecule has 1 aromatic heterocycles. The number of nitrogens with zero attached hydrogens (tertiary/aromatic N) is 1. The molecule has 2 aromatic carbocycles. The van der Waals surface area contributed by atoms with Gasteiger partial charge in [0.2, 0.25) is 0 Å². The highest BCUT2D eigenvalue weighted by Crippen LogP contribution is 2.33. The zero-order chi connectivity index (χ0) is 19.5. The van der Waals surface area contributed by atoms with E-state index in [9.17, 15) is 4.79 Å². The van der Waals surface area contributed by atoms with Gasteiger partial charge in [-0.1, -0.05) is 55.5 Å². The molecule has 0 bridgehead atoms. The van der Waals surface area contributed by atoms with Crippen LogP contribution in [0, 0.1) is 0 Å². The number of carbonyl (C=O) groups excluding carboxylic acids is 1. The van der Waals surface area contributed by atoms with Crippen LogP contribution in [0.5, 0.6) is 0 Å². The summed E-state index contributed by atoms with van der Waals surface area (Å²) in [5, 5.41) is 3.06. The van der Waals surface area contributed by atoms with E-state index in [1.807, 2.05) is 18.2 Å². The Kier molecular flexibility index (Phi) is 5.20. The number of furan rings is 1. The van der Waals surface area contributed by atoms with Gasteiger partial charge in [-0.05, 0) is 42.5 Å². The molecule has 0 saturated heterocycles. The second kappa shape index (κ2) is 7.93. The molecule has 144 valence electrons. The summed E-state index contributed by atoms with van der Waals surface area (Å²) >= 11 is 0. The molecular formula is C24H26N2O2. The van der Waals surface area contributed by atoms with Crippen LogP contribution in [0.2, 0.25) is 0 Å². The summed E-state index contributed by atoms with van der Waals surface area (Å²) in [6, 6.07) is 20.8. The third-order valence-electron chi connectivity index (χ3n) is 5.59. The zero-order valence-electron chi connectivity index (χ0n) is 16.4. The monoisotopic (exact) mass is 374 g/mol.